The molecule has 0 spiro atoms. The lowest BCUT2D eigenvalue weighted by Gasteiger charge is -2.34. The molecule has 0 aliphatic heterocycles. The summed E-state index contributed by atoms with van der Waals surface area (Å²) in [5.74, 6) is -1.59. The van der Waals surface area contributed by atoms with E-state index in [-0.39, 0.29) is 20.5 Å². The molecular formula is C22H22BrF2N3OS. The standard InChI is InChI=1S/C22H22BrF2N3OS/c1-22(2,3)11-4-5-16-10(6-11)7-13-17(26)19(30-21(13)27-16)20(29)28-18-14(23)8-12(24)9-15(18)25/h7-9,11H,4-6,26H2,1-3H3,(H,28,29)/t11-/m1/s1. The van der Waals surface area contributed by atoms with Gasteiger partial charge in [0.25, 0.3) is 5.91 Å². The average molecular weight is 494 g/mol. The molecule has 1 aliphatic rings. The summed E-state index contributed by atoms with van der Waals surface area (Å²) in [7, 11) is 0. The van der Waals surface area contributed by atoms with Crippen molar-refractivity contribution in [3.05, 3.63) is 50.4 Å². The zero-order valence-corrected chi connectivity index (χ0v) is 19.3. The van der Waals surface area contributed by atoms with Crippen LogP contribution in [0, 0.1) is 23.0 Å². The maximum Gasteiger partial charge on any atom is 0.268 e. The van der Waals surface area contributed by atoms with Gasteiger partial charge in [0, 0.05) is 21.6 Å². The van der Waals surface area contributed by atoms with Crippen LogP contribution in [0.1, 0.15) is 48.1 Å². The number of aromatic nitrogens is 1. The number of benzene rings is 1. The van der Waals surface area contributed by atoms with Crippen molar-refractivity contribution in [1.29, 1.82) is 0 Å². The van der Waals surface area contributed by atoms with Gasteiger partial charge in [-0.15, -0.1) is 11.3 Å². The number of rotatable bonds is 2. The van der Waals surface area contributed by atoms with Gasteiger partial charge in [-0.1, -0.05) is 20.8 Å². The third-order valence-corrected chi connectivity index (χ3v) is 7.50. The molecular weight excluding hydrogens is 472 g/mol. The van der Waals surface area contributed by atoms with Gasteiger partial charge in [-0.25, -0.2) is 13.8 Å². The second-order valence-electron chi connectivity index (χ2n) is 8.80. The first-order valence-corrected chi connectivity index (χ1v) is 11.3. The van der Waals surface area contributed by atoms with E-state index < -0.39 is 17.5 Å². The Labute approximate surface area is 186 Å². The van der Waals surface area contributed by atoms with Crippen LogP contribution in [-0.2, 0) is 12.8 Å². The fourth-order valence-electron chi connectivity index (χ4n) is 3.93. The zero-order chi connectivity index (χ0) is 21.8. The van der Waals surface area contributed by atoms with Gasteiger partial charge >= 0.3 is 0 Å². The summed E-state index contributed by atoms with van der Waals surface area (Å²) in [6.07, 6.45) is 2.92. The van der Waals surface area contributed by atoms with E-state index in [1.54, 1.807) is 0 Å². The van der Waals surface area contributed by atoms with Crippen molar-refractivity contribution in [2.75, 3.05) is 11.1 Å². The van der Waals surface area contributed by atoms with Gasteiger partial charge in [-0.3, -0.25) is 4.79 Å². The number of fused-ring (bicyclic) bond motifs is 2. The molecule has 0 saturated heterocycles. The van der Waals surface area contributed by atoms with Crippen molar-refractivity contribution in [2.24, 2.45) is 11.3 Å². The Morgan fingerprint density at radius 3 is 2.70 bits per heavy atom. The Bertz CT molecular complexity index is 1150. The maximum atomic E-state index is 14.1. The molecule has 4 nitrogen and oxygen atoms in total. The highest BCUT2D eigenvalue weighted by Crippen LogP contribution is 2.40. The summed E-state index contributed by atoms with van der Waals surface area (Å²) >= 11 is 4.27. The van der Waals surface area contributed by atoms with E-state index in [0.717, 1.165) is 42.5 Å². The van der Waals surface area contributed by atoms with Gasteiger partial charge in [0.15, 0.2) is 5.82 Å². The Morgan fingerprint density at radius 1 is 1.30 bits per heavy atom. The molecule has 0 fully saturated rings. The van der Waals surface area contributed by atoms with Gasteiger partial charge < -0.3 is 11.1 Å². The molecule has 0 unspecified atom stereocenters. The van der Waals surface area contributed by atoms with Crippen molar-refractivity contribution in [3.63, 3.8) is 0 Å². The van der Waals surface area contributed by atoms with Crippen LogP contribution in [0.5, 0.6) is 0 Å². The lowest BCUT2D eigenvalue weighted by molar-refractivity contribution is 0.103. The molecule has 1 aliphatic carbocycles. The first-order valence-electron chi connectivity index (χ1n) is 9.71. The predicted molar refractivity (Wildman–Crippen MR) is 121 cm³/mol. The highest BCUT2D eigenvalue weighted by Gasteiger charge is 2.30. The number of pyridine rings is 1. The molecule has 2 heterocycles. The molecule has 8 heteroatoms. The summed E-state index contributed by atoms with van der Waals surface area (Å²) in [6.45, 7) is 6.76. The number of nitrogen functional groups attached to an aromatic ring is 1. The van der Waals surface area contributed by atoms with Gasteiger partial charge in [0.2, 0.25) is 0 Å². The van der Waals surface area contributed by atoms with Crippen molar-refractivity contribution in [3.8, 4) is 0 Å². The predicted octanol–water partition coefficient (Wildman–Crippen LogP) is 6.32. The van der Waals surface area contributed by atoms with Crippen molar-refractivity contribution in [1.82, 2.24) is 4.98 Å². The quantitative estimate of drug-likeness (QED) is 0.438. The van der Waals surface area contributed by atoms with Crippen LogP contribution >= 0.6 is 27.3 Å². The number of hydrogen-bond acceptors (Lipinski definition) is 4. The number of nitrogens with two attached hydrogens (primary N) is 1. The van der Waals surface area contributed by atoms with Crippen LogP contribution in [0.25, 0.3) is 10.2 Å². The fourth-order valence-corrected chi connectivity index (χ4v) is 5.43. The number of carbonyl (C=O) groups excluding carboxylic acids is 1. The number of thiophene rings is 1. The highest BCUT2D eigenvalue weighted by atomic mass is 79.9. The number of halogens is 3. The number of nitrogens with one attached hydrogen (secondary N) is 1. The maximum absolute atomic E-state index is 14.1. The Hall–Kier alpha value is -2.06. The van der Waals surface area contributed by atoms with E-state index >= 15 is 0 Å². The monoisotopic (exact) mass is 493 g/mol. The van der Waals surface area contributed by atoms with Crippen LogP contribution in [0.3, 0.4) is 0 Å². The van der Waals surface area contributed by atoms with E-state index in [1.807, 2.05) is 6.07 Å². The van der Waals surface area contributed by atoms with Gasteiger partial charge in [0.1, 0.15) is 15.5 Å². The number of amides is 1. The van der Waals surface area contributed by atoms with E-state index in [2.05, 4.69) is 42.0 Å². The topological polar surface area (TPSA) is 68.0 Å². The first-order chi connectivity index (χ1) is 14.0. The lowest BCUT2D eigenvalue weighted by Crippen LogP contribution is -2.27. The summed E-state index contributed by atoms with van der Waals surface area (Å²) in [5.41, 5.74) is 8.95. The molecule has 0 radical (unpaired) electrons. The van der Waals surface area contributed by atoms with Crippen LogP contribution in [0.4, 0.5) is 20.2 Å². The second kappa shape index (κ2) is 7.57. The summed E-state index contributed by atoms with van der Waals surface area (Å²) in [5, 5.41) is 3.24. The number of carbonyl (C=O) groups is 1. The third-order valence-electron chi connectivity index (χ3n) is 5.76. The SMILES string of the molecule is CC(C)(C)[C@@H]1CCc2nc3sc(C(=O)Nc4c(F)cc(F)cc4Br)c(N)c3cc2C1. The largest absolute Gasteiger partial charge is 0.397 e. The third kappa shape index (κ3) is 3.83. The minimum atomic E-state index is -0.864. The molecule has 30 heavy (non-hydrogen) atoms. The molecule has 158 valence electrons. The summed E-state index contributed by atoms with van der Waals surface area (Å²) in [4.78, 5) is 18.5. The van der Waals surface area contributed by atoms with E-state index in [1.165, 1.54) is 16.9 Å². The zero-order valence-electron chi connectivity index (χ0n) is 16.9. The van der Waals surface area contributed by atoms with Crippen molar-refractivity contribution >= 4 is 54.8 Å². The number of nitrogens with zero attached hydrogens (tertiary/aromatic N) is 1. The molecule has 4 rings (SSSR count). The molecule has 2 aromatic heterocycles. The highest BCUT2D eigenvalue weighted by molar-refractivity contribution is 9.10. The molecule has 1 atom stereocenters. The Morgan fingerprint density at radius 2 is 2.03 bits per heavy atom. The average Bonchev–Trinajstić information content (AvgIpc) is 2.97. The van der Waals surface area contributed by atoms with Crippen LogP contribution < -0.4 is 11.1 Å². The fraction of sp³-hybridized carbons (Fsp3) is 0.364. The van der Waals surface area contributed by atoms with E-state index in [4.69, 9.17) is 10.7 Å². The molecule has 0 saturated carbocycles. The van der Waals surface area contributed by atoms with Crippen LogP contribution in [0.2, 0.25) is 0 Å². The number of anilines is 2. The molecule has 1 aromatic carbocycles. The van der Waals surface area contributed by atoms with Crippen LogP contribution in [-0.4, -0.2) is 10.9 Å². The molecule has 0 bridgehead atoms. The van der Waals surface area contributed by atoms with Crippen LogP contribution in [0.15, 0.2) is 22.7 Å². The first kappa shape index (κ1) is 21.2. The second-order valence-corrected chi connectivity index (χ2v) is 10.6. The molecule has 3 aromatic rings. The molecule has 3 N–H and O–H groups in total. The summed E-state index contributed by atoms with van der Waals surface area (Å²) in [6, 6.07) is 3.86. The summed E-state index contributed by atoms with van der Waals surface area (Å²) < 4.78 is 27.5. The van der Waals surface area contributed by atoms with E-state index in [9.17, 15) is 13.6 Å². The van der Waals surface area contributed by atoms with Gasteiger partial charge in [0.05, 0.1) is 11.4 Å². The Balaban J connectivity index is 1.68. The smallest absolute Gasteiger partial charge is 0.268 e. The minimum absolute atomic E-state index is 0.120. The minimum Gasteiger partial charge on any atom is -0.397 e. The molecule has 1 amide bonds. The van der Waals surface area contributed by atoms with Crippen molar-refractivity contribution in [2.45, 2.75) is 40.0 Å². The van der Waals surface area contributed by atoms with Gasteiger partial charge in [-0.2, -0.15) is 0 Å². The van der Waals surface area contributed by atoms with Crippen molar-refractivity contribution < 1.29 is 13.6 Å². The number of aryl methyl sites for hydroxylation is 1. The Kier molecular flexibility index (Phi) is 5.34. The van der Waals surface area contributed by atoms with Gasteiger partial charge in [-0.05, 0) is 64.2 Å². The van der Waals surface area contributed by atoms with E-state index in [0.29, 0.717) is 16.4 Å². The number of hydrogen-bond donors (Lipinski definition) is 2. The lowest BCUT2D eigenvalue weighted by atomic mass is 9.71. The normalized spacial score (nSPS) is 16.5.